The van der Waals surface area contributed by atoms with Crippen molar-refractivity contribution in [2.75, 3.05) is 0 Å². The summed E-state index contributed by atoms with van der Waals surface area (Å²) in [4.78, 5) is 10.8. The molecule has 0 aliphatic rings. The summed E-state index contributed by atoms with van der Waals surface area (Å²) in [6.07, 6.45) is 0. The number of hydrogen-bond donors (Lipinski definition) is 0. The predicted octanol–water partition coefficient (Wildman–Crippen LogP) is 3.51. The molecule has 0 aliphatic heterocycles. The Balaban J connectivity index is 0.000000204. The van der Waals surface area contributed by atoms with Crippen LogP contribution in [-0.2, 0) is 0 Å². The van der Waals surface area contributed by atoms with Crippen molar-refractivity contribution >= 4 is 53.7 Å². The third kappa shape index (κ3) is 6.44. The molecule has 0 bridgehead atoms. The van der Waals surface area contributed by atoms with Gasteiger partial charge in [0.15, 0.2) is 0 Å². The molecule has 4 aromatic carbocycles. The fourth-order valence-corrected chi connectivity index (χ4v) is 8.80. The average Bonchev–Trinajstić information content (AvgIpc) is 2.77. The van der Waals surface area contributed by atoms with E-state index in [4.69, 9.17) is 0 Å². The van der Waals surface area contributed by atoms with Crippen LogP contribution in [0, 0.1) is 6.92 Å². The Labute approximate surface area is 190 Å². The van der Waals surface area contributed by atoms with Gasteiger partial charge in [0.1, 0.15) is 0 Å². The van der Waals surface area contributed by atoms with E-state index in [0.717, 1.165) is 5.56 Å². The van der Waals surface area contributed by atoms with Gasteiger partial charge in [-0.2, -0.15) is 0 Å². The fraction of sp³-hybridized carbons (Fsp3) is 0.0385. The second-order valence-electron chi connectivity index (χ2n) is 6.63. The van der Waals surface area contributed by atoms with Gasteiger partial charge in [-0.05, 0) is 0 Å². The van der Waals surface area contributed by atoms with E-state index in [1.807, 2.05) is 31.2 Å². The van der Waals surface area contributed by atoms with Gasteiger partial charge in [-0.25, -0.2) is 0 Å². The van der Waals surface area contributed by atoms with E-state index in [-0.39, 0.29) is 3.83 Å². The minimum absolute atomic E-state index is 0.135. The molecule has 0 atom stereocenters. The Hall–Kier alpha value is -2.12. The third-order valence-electron chi connectivity index (χ3n) is 4.47. The molecule has 0 aliphatic carbocycles. The minimum atomic E-state index is -1.63. The molecule has 142 valence electrons. The Morgan fingerprint density at radius 3 is 1.24 bits per heavy atom. The van der Waals surface area contributed by atoms with Gasteiger partial charge in [-0.15, -0.1) is 0 Å². The van der Waals surface area contributed by atoms with Crippen molar-refractivity contribution in [3.05, 3.63) is 126 Å². The van der Waals surface area contributed by atoms with Gasteiger partial charge in [0, 0.05) is 0 Å². The van der Waals surface area contributed by atoms with Crippen LogP contribution in [0.5, 0.6) is 0 Å². The zero-order valence-corrected chi connectivity index (χ0v) is 20.7. The standard InChI is InChI=1S/C18H15Ge.C8H7OTe/c1-4-10-16(11-5-1)19(17-12-6-2-7-13-17)18-14-8-3-9-15-18;1-6-2-4-7(5-3-6)8(9)10/h1-15H;2-5H,1H3. The monoisotopic (exact) mass is 554 g/mol. The first-order valence-corrected chi connectivity index (χ1v) is 13.8. The Morgan fingerprint density at radius 1 is 0.586 bits per heavy atom. The summed E-state index contributed by atoms with van der Waals surface area (Å²) < 4.78 is 4.63. The summed E-state index contributed by atoms with van der Waals surface area (Å²) in [5.41, 5.74) is 1.97. The number of aryl methyl sites for hydroxylation is 1. The van der Waals surface area contributed by atoms with E-state index < -0.39 is 14.3 Å². The summed E-state index contributed by atoms with van der Waals surface area (Å²) in [5, 5.41) is 0. The third-order valence-corrected chi connectivity index (χ3v) is 10.9. The van der Waals surface area contributed by atoms with Crippen LogP contribution in [0.1, 0.15) is 15.9 Å². The molecule has 0 saturated carbocycles. The van der Waals surface area contributed by atoms with E-state index in [0.29, 0.717) is 0 Å². The van der Waals surface area contributed by atoms with E-state index in [2.05, 4.69) is 91.0 Å². The maximum atomic E-state index is 10.8. The number of rotatable bonds is 4. The first kappa shape index (κ1) is 21.6. The zero-order chi connectivity index (χ0) is 20.5. The van der Waals surface area contributed by atoms with Crippen molar-refractivity contribution in [2.24, 2.45) is 0 Å². The molecule has 0 heterocycles. The van der Waals surface area contributed by atoms with E-state index >= 15 is 0 Å². The normalized spacial score (nSPS) is 10.1. The van der Waals surface area contributed by atoms with Crippen molar-refractivity contribution in [1.29, 1.82) is 0 Å². The van der Waals surface area contributed by atoms with Crippen LogP contribution < -0.4 is 13.2 Å². The van der Waals surface area contributed by atoms with Gasteiger partial charge in [-0.1, -0.05) is 0 Å². The summed E-state index contributed by atoms with van der Waals surface area (Å²) in [6.45, 7) is 2.00. The van der Waals surface area contributed by atoms with Gasteiger partial charge < -0.3 is 0 Å². The predicted molar refractivity (Wildman–Crippen MR) is 125 cm³/mol. The van der Waals surface area contributed by atoms with Crippen LogP contribution in [0.25, 0.3) is 0 Å². The van der Waals surface area contributed by atoms with Gasteiger partial charge in [0.05, 0.1) is 0 Å². The molecule has 0 aromatic heterocycles. The average molecular weight is 551 g/mol. The van der Waals surface area contributed by atoms with Crippen molar-refractivity contribution in [3.63, 3.8) is 0 Å². The van der Waals surface area contributed by atoms with Gasteiger partial charge in [0.2, 0.25) is 0 Å². The first-order valence-electron chi connectivity index (χ1n) is 9.46. The topological polar surface area (TPSA) is 17.1 Å². The quantitative estimate of drug-likeness (QED) is 0.356. The maximum absolute atomic E-state index is 10.8. The van der Waals surface area contributed by atoms with Crippen LogP contribution in [0.3, 0.4) is 0 Å². The second kappa shape index (κ2) is 11.2. The number of benzene rings is 4. The van der Waals surface area contributed by atoms with Crippen LogP contribution in [0.4, 0.5) is 0 Å². The Kier molecular flexibility index (Phi) is 8.31. The van der Waals surface area contributed by atoms with Gasteiger partial charge >= 0.3 is 192 Å². The fourth-order valence-electron chi connectivity index (χ4n) is 3.00. The van der Waals surface area contributed by atoms with Crippen molar-refractivity contribution in [2.45, 2.75) is 6.92 Å². The Morgan fingerprint density at radius 2 is 0.931 bits per heavy atom. The van der Waals surface area contributed by atoms with Crippen molar-refractivity contribution < 1.29 is 4.79 Å². The van der Waals surface area contributed by atoms with Gasteiger partial charge in [0.25, 0.3) is 0 Å². The Bertz CT molecular complexity index is 923. The zero-order valence-electron chi connectivity index (χ0n) is 16.3. The molecule has 29 heavy (non-hydrogen) atoms. The SMILES string of the molecule is Cc1ccc(C(=O)[Te])cc1.c1cc[c]([Ge]([c]2ccccc2)[c]2ccccc2)cc1. The van der Waals surface area contributed by atoms with E-state index in [1.165, 1.54) is 41.0 Å². The molecular weight excluding hydrogens is 528 g/mol. The molecule has 0 saturated heterocycles. The summed E-state index contributed by atoms with van der Waals surface area (Å²) >= 11 is -0.127. The molecule has 0 unspecified atom stereocenters. The molecule has 0 fully saturated rings. The molecule has 0 N–H and O–H groups in total. The molecule has 3 heteroatoms. The van der Waals surface area contributed by atoms with Crippen molar-refractivity contribution in [1.82, 2.24) is 0 Å². The molecule has 2 radical (unpaired) electrons. The number of carbonyl (C=O) groups is 1. The summed E-state index contributed by atoms with van der Waals surface area (Å²) in [7, 11) is 0. The number of carbonyl (C=O) groups excluding carboxylic acids is 1. The second-order valence-corrected chi connectivity index (χ2v) is 12.9. The summed E-state index contributed by atoms with van der Waals surface area (Å²) in [5.74, 6) is 0. The van der Waals surface area contributed by atoms with E-state index in [9.17, 15) is 4.79 Å². The van der Waals surface area contributed by atoms with E-state index in [1.54, 1.807) is 0 Å². The van der Waals surface area contributed by atoms with Gasteiger partial charge in [-0.3, -0.25) is 0 Å². The molecule has 4 rings (SSSR count). The molecule has 0 amide bonds. The van der Waals surface area contributed by atoms with Crippen LogP contribution in [0.15, 0.2) is 115 Å². The first-order chi connectivity index (χ1) is 14.1. The molecular formula is C26H22GeOTe. The van der Waals surface area contributed by atoms with Crippen LogP contribution in [0.2, 0.25) is 0 Å². The molecule has 1 nitrogen and oxygen atoms in total. The van der Waals surface area contributed by atoms with Crippen LogP contribution >= 0.6 is 0 Å². The van der Waals surface area contributed by atoms with Crippen molar-refractivity contribution in [3.8, 4) is 0 Å². The number of hydrogen-bond acceptors (Lipinski definition) is 1. The van der Waals surface area contributed by atoms with Crippen LogP contribution in [-0.4, -0.2) is 40.5 Å². The summed E-state index contributed by atoms with van der Waals surface area (Å²) in [6, 6.07) is 40.4. The molecule has 4 aromatic rings. The molecule has 0 spiro atoms.